The fourth-order valence-corrected chi connectivity index (χ4v) is 4.04. The summed E-state index contributed by atoms with van der Waals surface area (Å²) < 4.78 is 12.3. The molecule has 0 aromatic heterocycles. The molecule has 2 aliphatic rings. The largest absolute Gasteiger partial charge is 0.490 e. The molecule has 124 valence electrons. The van der Waals surface area contributed by atoms with E-state index in [0.717, 1.165) is 29.2 Å². The molecular formula is C19H20N2O2S. The van der Waals surface area contributed by atoms with Gasteiger partial charge in [0.15, 0.2) is 22.3 Å². The lowest BCUT2D eigenvalue weighted by molar-refractivity contribution is 0.0457. The fourth-order valence-electron chi connectivity index (χ4n) is 3.60. The Morgan fingerprint density at radius 1 is 1.25 bits per heavy atom. The number of anilines is 1. The van der Waals surface area contributed by atoms with Crippen molar-refractivity contribution >= 4 is 23.0 Å². The summed E-state index contributed by atoms with van der Waals surface area (Å²) in [6.45, 7) is 4.68. The zero-order valence-corrected chi connectivity index (χ0v) is 14.6. The predicted molar refractivity (Wildman–Crippen MR) is 98.7 cm³/mol. The summed E-state index contributed by atoms with van der Waals surface area (Å²) >= 11 is 5.65. The normalized spacial score (nSPS) is 24.7. The number of hydrogen-bond acceptors (Lipinski definition) is 3. The van der Waals surface area contributed by atoms with E-state index in [0.29, 0.717) is 11.7 Å². The van der Waals surface area contributed by atoms with Crippen molar-refractivity contribution in [2.24, 2.45) is 0 Å². The third kappa shape index (κ3) is 2.31. The molecule has 2 aromatic rings. The van der Waals surface area contributed by atoms with Crippen LogP contribution in [0.4, 0.5) is 5.69 Å². The Bertz CT molecular complexity index is 780. The second kappa shape index (κ2) is 5.67. The van der Waals surface area contributed by atoms with Crippen LogP contribution in [-0.4, -0.2) is 17.4 Å². The van der Waals surface area contributed by atoms with Crippen LogP contribution in [0.5, 0.6) is 11.5 Å². The summed E-state index contributed by atoms with van der Waals surface area (Å²) in [5.74, 6) is 1.60. The summed E-state index contributed by atoms with van der Waals surface area (Å²) in [5.41, 5.74) is 1.58. The minimum Gasteiger partial charge on any atom is -0.490 e. The lowest BCUT2D eigenvalue weighted by Crippen LogP contribution is -2.65. The molecule has 1 N–H and O–H groups in total. The molecule has 1 saturated heterocycles. The van der Waals surface area contributed by atoms with Gasteiger partial charge in [-0.15, -0.1) is 0 Å². The fraction of sp³-hybridized carbons (Fsp3) is 0.316. The minimum atomic E-state index is -0.547. The lowest BCUT2D eigenvalue weighted by atomic mass is 9.90. The Morgan fingerprint density at radius 3 is 2.79 bits per heavy atom. The van der Waals surface area contributed by atoms with Crippen LogP contribution >= 0.6 is 12.2 Å². The van der Waals surface area contributed by atoms with Gasteiger partial charge in [-0.25, -0.2) is 0 Å². The second-order valence-electron chi connectivity index (χ2n) is 6.26. The quantitative estimate of drug-likeness (QED) is 0.854. The van der Waals surface area contributed by atoms with Gasteiger partial charge in [0.05, 0.1) is 12.6 Å². The number of benzene rings is 2. The Hall–Kier alpha value is -2.27. The molecule has 0 radical (unpaired) electrons. The van der Waals surface area contributed by atoms with E-state index in [1.807, 2.05) is 49.4 Å². The molecule has 2 aromatic carbocycles. The highest BCUT2D eigenvalue weighted by Gasteiger charge is 2.49. The highest BCUT2D eigenvalue weighted by Crippen LogP contribution is 2.49. The molecule has 0 spiro atoms. The standard InChI is InChI=1S/C19H20N2O2S/c1-3-22-16-11-7-10-14-15-12-19(2,23-17(14)16)21(18(24)20-15)13-8-5-4-6-9-13/h4-11,15H,3,12H2,1-2H3,(H,20,24)/t15-,19+/m1/s1. The first-order valence-corrected chi connectivity index (χ1v) is 8.64. The Morgan fingerprint density at radius 2 is 2.04 bits per heavy atom. The molecule has 2 aliphatic heterocycles. The molecule has 2 bridgehead atoms. The van der Waals surface area contributed by atoms with E-state index in [9.17, 15) is 0 Å². The van der Waals surface area contributed by atoms with Gasteiger partial charge in [0.25, 0.3) is 0 Å². The average Bonchev–Trinajstić information content (AvgIpc) is 2.56. The SMILES string of the molecule is CCOc1cccc2c1O[C@@]1(C)C[C@H]2NC(=S)N1c1ccccc1. The summed E-state index contributed by atoms with van der Waals surface area (Å²) in [6, 6.07) is 16.3. The second-order valence-corrected chi connectivity index (χ2v) is 6.65. The van der Waals surface area contributed by atoms with Crippen molar-refractivity contribution in [1.29, 1.82) is 0 Å². The van der Waals surface area contributed by atoms with Gasteiger partial charge in [0.2, 0.25) is 0 Å². The third-order valence-electron chi connectivity index (χ3n) is 4.58. The van der Waals surface area contributed by atoms with E-state index in [1.165, 1.54) is 0 Å². The number of nitrogens with zero attached hydrogens (tertiary/aromatic N) is 1. The maximum atomic E-state index is 6.48. The smallest absolute Gasteiger partial charge is 0.188 e. The maximum absolute atomic E-state index is 6.48. The van der Waals surface area contributed by atoms with Crippen LogP contribution in [0.15, 0.2) is 48.5 Å². The number of thiocarbonyl (C=S) groups is 1. The number of ether oxygens (including phenoxy) is 2. The average molecular weight is 340 g/mol. The Labute approximate surface area is 147 Å². The van der Waals surface area contributed by atoms with E-state index in [-0.39, 0.29) is 6.04 Å². The van der Waals surface area contributed by atoms with E-state index in [4.69, 9.17) is 21.7 Å². The zero-order valence-electron chi connectivity index (χ0n) is 13.8. The third-order valence-corrected chi connectivity index (χ3v) is 4.88. The predicted octanol–water partition coefficient (Wildman–Crippen LogP) is 4.02. The maximum Gasteiger partial charge on any atom is 0.188 e. The number of fused-ring (bicyclic) bond motifs is 4. The molecule has 5 heteroatoms. The molecule has 0 amide bonds. The zero-order chi connectivity index (χ0) is 16.7. The first kappa shape index (κ1) is 15.3. The molecule has 0 saturated carbocycles. The molecule has 24 heavy (non-hydrogen) atoms. The lowest BCUT2D eigenvalue weighted by Gasteiger charge is -2.52. The van der Waals surface area contributed by atoms with Crippen LogP contribution in [0.25, 0.3) is 0 Å². The first-order chi connectivity index (χ1) is 11.6. The highest BCUT2D eigenvalue weighted by atomic mass is 32.1. The van der Waals surface area contributed by atoms with Crippen molar-refractivity contribution in [2.75, 3.05) is 11.5 Å². The van der Waals surface area contributed by atoms with E-state index < -0.39 is 5.72 Å². The Kier molecular flexibility index (Phi) is 3.61. The molecule has 2 heterocycles. The summed E-state index contributed by atoms with van der Waals surface area (Å²) in [6.07, 6.45) is 0.810. The molecule has 1 fully saturated rings. The van der Waals surface area contributed by atoms with Gasteiger partial charge >= 0.3 is 0 Å². The summed E-state index contributed by atoms with van der Waals surface area (Å²) in [5, 5.41) is 4.16. The van der Waals surface area contributed by atoms with Crippen molar-refractivity contribution in [1.82, 2.24) is 5.32 Å². The van der Waals surface area contributed by atoms with Crippen molar-refractivity contribution in [2.45, 2.75) is 32.0 Å². The molecule has 4 rings (SSSR count). The molecule has 4 nitrogen and oxygen atoms in total. The minimum absolute atomic E-state index is 0.131. The number of rotatable bonds is 3. The van der Waals surface area contributed by atoms with Gasteiger partial charge in [0, 0.05) is 17.7 Å². The van der Waals surface area contributed by atoms with Gasteiger partial charge in [0.1, 0.15) is 0 Å². The van der Waals surface area contributed by atoms with Gasteiger partial charge in [-0.2, -0.15) is 0 Å². The molecule has 2 atom stereocenters. The van der Waals surface area contributed by atoms with E-state index in [2.05, 4.69) is 23.2 Å². The van der Waals surface area contributed by atoms with Crippen molar-refractivity contribution in [3.8, 4) is 11.5 Å². The van der Waals surface area contributed by atoms with Crippen LogP contribution in [0.2, 0.25) is 0 Å². The molecular weight excluding hydrogens is 320 g/mol. The van der Waals surface area contributed by atoms with Crippen molar-refractivity contribution in [3.05, 3.63) is 54.1 Å². The van der Waals surface area contributed by atoms with Gasteiger partial charge in [-0.1, -0.05) is 30.3 Å². The molecule has 0 aliphatic carbocycles. The van der Waals surface area contributed by atoms with E-state index in [1.54, 1.807) is 0 Å². The number of hydrogen-bond donors (Lipinski definition) is 1. The number of para-hydroxylation sites is 2. The topological polar surface area (TPSA) is 33.7 Å². The van der Waals surface area contributed by atoms with Crippen LogP contribution in [0, 0.1) is 0 Å². The van der Waals surface area contributed by atoms with Crippen LogP contribution in [0.3, 0.4) is 0 Å². The number of nitrogens with one attached hydrogen (secondary N) is 1. The summed E-state index contributed by atoms with van der Waals surface area (Å²) in [7, 11) is 0. The van der Waals surface area contributed by atoms with Crippen molar-refractivity contribution in [3.63, 3.8) is 0 Å². The van der Waals surface area contributed by atoms with Gasteiger partial charge < -0.3 is 14.8 Å². The van der Waals surface area contributed by atoms with Crippen molar-refractivity contribution < 1.29 is 9.47 Å². The van der Waals surface area contributed by atoms with Gasteiger partial charge in [-0.3, -0.25) is 4.90 Å². The summed E-state index contributed by atoms with van der Waals surface area (Å²) in [4.78, 5) is 2.06. The van der Waals surface area contributed by atoms with Crippen LogP contribution in [0.1, 0.15) is 31.9 Å². The van der Waals surface area contributed by atoms with Crippen LogP contribution in [-0.2, 0) is 0 Å². The van der Waals surface area contributed by atoms with Gasteiger partial charge in [-0.05, 0) is 44.3 Å². The monoisotopic (exact) mass is 340 g/mol. The van der Waals surface area contributed by atoms with E-state index >= 15 is 0 Å². The Balaban J connectivity index is 1.81. The first-order valence-electron chi connectivity index (χ1n) is 8.23. The van der Waals surface area contributed by atoms with Crippen LogP contribution < -0.4 is 19.7 Å². The molecule has 0 unspecified atom stereocenters. The highest BCUT2D eigenvalue weighted by molar-refractivity contribution is 7.80.